The number of allylic oxidation sites excluding steroid dienone is 2. The minimum atomic E-state index is -0.494. The van der Waals surface area contributed by atoms with Crippen LogP contribution in [0.25, 0.3) is 0 Å². The topological polar surface area (TPSA) is 81.7 Å². The maximum atomic E-state index is 12.4. The van der Waals surface area contributed by atoms with E-state index in [9.17, 15) is 14.4 Å². The first-order chi connectivity index (χ1) is 14.5. The van der Waals surface area contributed by atoms with Gasteiger partial charge in [-0.05, 0) is 31.6 Å². The van der Waals surface area contributed by atoms with Crippen molar-refractivity contribution in [2.24, 2.45) is 11.3 Å². The van der Waals surface area contributed by atoms with Crippen LogP contribution < -0.4 is 5.32 Å². The highest BCUT2D eigenvalue weighted by atomic mass is 16.5. The highest BCUT2D eigenvalue weighted by molar-refractivity contribution is 5.89. The number of amides is 1. The highest BCUT2D eigenvalue weighted by Gasteiger charge is 2.25. The zero-order valence-electron chi connectivity index (χ0n) is 20.6. The highest BCUT2D eigenvalue weighted by Crippen LogP contribution is 2.17. The van der Waals surface area contributed by atoms with Crippen molar-refractivity contribution in [2.75, 3.05) is 14.2 Å². The minimum Gasteiger partial charge on any atom is -0.469 e. The van der Waals surface area contributed by atoms with Gasteiger partial charge in [-0.25, -0.2) is 4.79 Å². The summed E-state index contributed by atoms with van der Waals surface area (Å²) in [6.07, 6.45) is 13.0. The van der Waals surface area contributed by atoms with Gasteiger partial charge in [-0.15, -0.1) is 0 Å². The van der Waals surface area contributed by atoms with Crippen LogP contribution in [0.5, 0.6) is 0 Å². The number of unbranched alkanes of at least 4 members (excludes halogenated alkanes) is 5. The van der Waals surface area contributed by atoms with Crippen LogP contribution in [0.1, 0.15) is 86.0 Å². The Labute approximate surface area is 188 Å². The Kier molecular flexibility index (Phi) is 14.6. The molecule has 1 amide bonds. The van der Waals surface area contributed by atoms with Gasteiger partial charge in [0.1, 0.15) is 0 Å². The second-order valence-corrected chi connectivity index (χ2v) is 9.23. The van der Waals surface area contributed by atoms with E-state index < -0.39 is 5.41 Å². The predicted octanol–water partition coefficient (Wildman–Crippen LogP) is 5.12. The summed E-state index contributed by atoms with van der Waals surface area (Å²) in [7, 11) is 2.79. The lowest BCUT2D eigenvalue weighted by Crippen LogP contribution is -2.43. The van der Waals surface area contributed by atoms with Crippen molar-refractivity contribution in [1.82, 2.24) is 5.32 Å². The Bertz CT molecular complexity index is 614. The molecule has 1 N–H and O–H groups in total. The van der Waals surface area contributed by atoms with Crippen molar-refractivity contribution in [3.63, 3.8) is 0 Å². The summed E-state index contributed by atoms with van der Waals surface area (Å²) in [6, 6.07) is -0.237. The summed E-state index contributed by atoms with van der Waals surface area (Å²) >= 11 is 0. The van der Waals surface area contributed by atoms with Crippen LogP contribution in [0.4, 0.5) is 0 Å². The Balaban J connectivity index is 4.62. The standard InChI is InChI=1S/C25H43NO5/c1-19(2)21(26-24(29)25(3,4)5)18-20(23(28)31-7)16-14-12-10-8-9-11-13-15-17-22(27)30-6/h12,14,18-19,21H,8-11,13,15-17H2,1-7H3,(H,26,29)/b14-12+,20-18-/t21-/m1/s1. The fourth-order valence-corrected chi connectivity index (χ4v) is 2.83. The molecule has 0 unspecified atom stereocenters. The van der Waals surface area contributed by atoms with Gasteiger partial charge in [0, 0.05) is 17.4 Å². The van der Waals surface area contributed by atoms with Gasteiger partial charge >= 0.3 is 11.9 Å². The molecule has 31 heavy (non-hydrogen) atoms. The quantitative estimate of drug-likeness (QED) is 0.176. The molecule has 6 heteroatoms. The molecule has 0 saturated carbocycles. The molecule has 0 spiro atoms. The number of carbonyl (C=O) groups excluding carboxylic acids is 3. The van der Waals surface area contributed by atoms with Crippen molar-refractivity contribution >= 4 is 17.8 Å². The van der Waals surface area contributed by atoms with E-state index in [0.717, 1.165) is 38.5 Å². The lowest BCUT2D eigenvalue weighted by Gasteiger charge is -2.25. The third-order valence-corrected chi connectivity index (χ3v) is 5.01. The molecule has 0 rings (SSSR count). The van der Waals surface area contributed by atoms with E-state index in [2.05, 4.69) is 16.1 Å². The van der Waals surface area contributed by atoms with Crippen LogP contribution in [0, 0.1) is 11.3 Å². The third kappa shape index (κ3) is 13.7. The first-order valence-corrected chi connectivity index (χ1v) is 11.3. The van der Waals surface area contributed by atoms with Gasteiger partial charge in [-0.1, -0.05) is 72.1 Å². The number of esters is 2. The maximum absolute atomic E-state index is 12.4. The summed E-state index contributed by atoms with van der Waals surface area (Å²) in [5.74, 6) is -0.413. The van der Waals surface area contributed by atoms with E-state index in [1.54, 1.807) is 0 Å². The second-order valence-electron chi connectivity index (χ2n) is 9.23. The molecule has 0 aliphatic heterocycles. The molecule has 0 aliphatic carbocycles. The lowest BCUT2D eigenvalue weighted by atomic mass is 9.93. The molecule has 0 radical (unpaired) electrons. The first kappa shape index (κ1) is 28.9. The summed E-state index contributed by atoms with van der Waals surface area (Å²) in [5, 5.41) is 3.04. The minimum absolute atomic E-state index is 0.0474. The van der Waals surface area contributed by atoms with Crippen LogP contribution in [-0.4, -0.2) is 38.1 Å². The van der Waals surface area contributed by atoms with Gasteiger partial charge in [0.15, 0.2) is 0 Å². The lowest BCUT2D eigenvalue weighted by molar-refractivity contribution is -0.140. The largest absolute Gasteiger partial charge is 0.469 e. The van der Waals surface area contributed by atoms with Gasteiger partial charge in [0.05, 0.1) is 20.3 Å². The summed E-state index contributed by atoms with van der Waals surface area (Å²) < 4.78 is 9.57. The molecule has 0 aromatic rings. The molecule has 1 atom stereocenters. The zero-order chi connectivity index (χ0) is 23.9. The summed E-state index contributed by atoms with van der Waals surface area (Å²) in [6.45, 7) is 9.63. The van der Waals surface area contributed by atoms with Crippen molar-refractivity contribution < 1.29 is 23.9 Å². The smallest absolute Gasteiger partial charge is 0.333 e. The number of methoxy groups -OCH3 is 2. The number of carbonyl (C=O) groups is 3. The van der Waals surface area contributed by atoms with E-state index in [1.165, 1.54) is 14.2 Å². The molecule has 0 heterocycles. The Hall–Kier alpha value is -2.11. The molecule has 0 fully saturated rings. The number of rotatable bonds is 14. The number of ether oxygens (including phenoxy) is 2. The van der Waals surface area contributed by atoms with E-state index in [1.807, 2.05) is 46.8 Å². The number of hydrogen-bond acceptors (Lipinski definition) is 5. The Morgan fingerprint density at radius 2 is 1.52 bits per heavy atom. The van der Waals surface area contributed by atoms with Gasteiger partial charge in [0.25, 0.3) is 0 Å². The fraction of sp³-hybridized carbons (Fsp3) is 0.720. The molecule has 0 aromatic heterocycles. The van der Waals surface area contributed by atoms with Crippen molar-refractivity contribution in [3.05, 3.63) is 23.8 Å². The van der Waals surface area contributed by atoms with Crippen LogP contribution >= 0.6 is 0 Å². The van der Waals surface area contributed by atoms with Crippen LogP contribution in [0.3, 0.4) is 0 Å². The molecular weight excluding hydrogens is 394 g/mol. The third-order valence-electron chi connectivity index (χ3n) is 5.01. The monoisotopic (exact) mass is 437 g/mol. The van der Waals surface area contributed by atoms with Crippen molar-refractivity contribution in [2.45, 2.75) is 92.0 Å². The van der Waals surface area contributed by atoms with Crippen molar-refractivity contribution in [3.8, 4) is 0 Å². The number of hydrogen-bond donors (Lipinski definition) is 1. The molecule has 6 nitrogen and oxygen atoms in total. The van der Waals surface area contributed by atoms with Gasteiger partial charge in [-0.2, -0.15) is 0 Å². The van der Waals surface area contributed by atoms with E-state index in [0.29, 0.717) is 18.4 Å². The fourth-order valence-electron chi connectivity index (χ4n) is 2.83. The second kappa shape index (κ2) is 15.7. The van der Waals surface area contributed by atoms with Gasteiger partial charge in [-0.3, -0.25) is 9.59 Å². The van der Waals surface area contributed by atoms with E-state index >= 15 is 0 Å². The molecule has 0 aliphatic rings. The Morgan fingerprint density at radius 1 is 0.903 bits per heavy atom. The average molecular weight is 438 g/mol. The molecular formula is C25H43NO5. The van der Waals surface area contributed by atoms with Gasteiger partial charge < -0.3 is 14.8 Å². The molecule has 0 saturated heterocycles. The average Bonchev–Trinajstić information content (AvgIpc) is 2.71. The summed E-state index contributed by atoms with van der Waals surface area (Å²) in [4.78, 5) is 35.7. The Morgan fingerprint density at radius 3 is 2.06 bits per heavy atom. The first-order valence-electron chi connectivity index (χ1n) is 11.3. The normalized spacial score (nSPS) is 13.4. The van der Waals surface area contributed by atoms with Crippen LogP contribution in [-0.2, 0) is 23.9 Å². The number of nitrogens with one attached hydrogen (secondary N) is 1. The predicted molar refractivity (Wildman–Crippen MR) is 124 cm³/mol. The SMILES string of the molecule is COC(=O)CCCCCCC/C=C/C/C(=C/[C@@H](NC(=O)C(C)(C)C)C(C)C)C(=O)OC. The van der Waals surface area contributed by atoms with Crippen LogP contribution in [0.2, 0.25) is 0 Å². The maximum Gasteiger partial charge on any atom is 0.333 e. The molecule has 178 valence electrons. The van der Waals surface area contributed by atoms with Crippen molar-refractivity contribution in [1.29, 1.82) is 0 Å². The zero-order valence-corrected chi connectivity index (χ0v) is 20.6. The molecule has 0 bridgehead atoms. The van der Waals surface area contributed by atoms with E-state index in [4.69, 9.17) is 4.74 Å². The van der Waals surface area contributed by atoms with E-state index in [-0.39, 0.29) is 29.8 Å². The summed E-state index contributed by atoms with van der Waals surface area (Å²) in [5.41, 5.74) is 0.0560. The van der Waals surface area contributed by atoms with Crippen LogP contribution in [0.15, 0.2) is 23.8 Å². The molecule has 0 aromatic carbocycles. The van der Waals surface area contributed by atoms with Gasteiger partial charge in [0.2, 0.25) is 5.91 Å².